The fourth-order valence-corrected chi connectivity index (χ4v) is 2.86. The van der Waals surface area contributed by atoms with Crippen molar-refractivity contribution in [3.8, 4) is 17.1 Å². The third kappa shape index (κ3) is 5.17. The molecule has 152 valence electrons. The van der Waals surface area contributed by atoms with Crippen LogP contribution in [0.1, 0.15) is 36.7 Å². The number of aliphatic hydroxyl groups excluding tert-OH is 1. The van der Waals surface area contributed by atoms with Gasteiger partial charge < -0.3 is 15.6 Å². The number of tetrazole rings is 1. The van der Waals surface area contributed by atoms with E-state index in [1.807, 2.05) is 24.3 Å². The first-order chi connectivity index (χ1) is 13.7. The Labute approximate surface area is 169 Å². The van der Waals surface area contributed by atoms with Gasteiger partial charge in [-0.3, -0.25) is 4.79 Å². The summed E-state index contributed by atoms with van der Waals surface area (Å²) in [5, 5.41) is 22.6. The molecule has 1 atom stereocenters. The number of para-hydroxylation sites is 1. The van der Waals surface area contributed by atoms with Crippen molar-refractivity contribution in [2.45, 2.75) is 38.8 Å². The number of hydrogen-bond donors (Lipinski definition) is 2. The summed E-state index contributed by atoms with van der Waals surface area (Å²) in [4.78, 5) is 12.5. The smallest absolute Gasteiger partial charge is 0.248 e. The van der Waals surface area contributed by atoms with Crippen molar-refractivity contribution in [3.05, 3.63) is 59.7 Å². The number of aromatic nitrogens is 4. The number of hydrogen-bond acceptors (Lipinski definition) is 6. The number of rotatable bonds is 7. The van der Waals surface area contributed by atoms with Crippen molar-refractivity contribution in [2.75, 3.05) is 6.61 Å². The van der Waals surface area contributed by atoms with Gasteiger partial charge in [0.1, 0.15) is 18.5 Å². The molecule has 0 fully saturated rings. The quantitative estimate of drug-likeness (QED) is 0.633. The van der Waals surface area contributed by atoms with E-state index in [2.05, 4.69) is 36.2 Å². The summed E-state index contributed by atoms with van der Waals surface area (Å²) in [7, 11) is 0. The van der Waals surface area contributed by atoms with E-state index in [9.17, 15) is 9.90 Å². The van der Waals surface area contributed by atoms with Gasteiger partial charge in [0.05, 0.1) is 6.54 Å². The molecule has 3 N–H and O–H groups in total. The number of carbonyl (C=O) groups is 1. The lowest BCUT2D eigenvalue weighted by Gasteiger charge is -2.23. The van der Waals surface area contributed by atoms with Crippen molar-refractivity contribution in [1.82, 2.24) is 20.2 Å². The van der Waals surface area contributed by atoms with Crippen LogP contribution in [0.15, 0.2) is 48.5 Å². The second-order valence-corrected chi connectivity index (χ2v) is 7.82. The number of nitrogens with two attached hydrogens (primary N) is 1. The first kappa shape index (κ1) is 20.5. The van der Waals surface area contributed by atoms with E-state index in [-0.39, 0.29) is 18.6 Å². The monoisotopic (exact) mass is 395 g/mol. The lowest BCUT2D eigenvalue weighted by atomic mass is 9.86. The van der Waals surface area contributed by atoms with Crippen molar-refractivity contribution in [3.63, 3.8) is 0 Å². The molecule has 1 amide bonds. The summed E-state index contributed by atoms with van der Waals surface area (Å²) in [6.07, 6.45) is -0.803. The third-order valence-electron chi connectivity index (χ3n) is 4.38. The van der Waals surface area contributed by atoms with Crippen LogP contribution >= 0.6 is 0 Å². The van der Waals surface area contributed by atoms with Gasteiger partial charge in [-0.2, -0.15) is 4.80 Å². The molecule has 29 heavy (non-hydrogen) atoms. The zero-order chi connectivity index (χ0) is 21.0. The van der Waals surface area contributed by atoms with Crippen molar-refractivity contribution in [1.29, 1.82) is 0 Å². The number of amides is 1. The maximum absolute atomic E-state index is 11.1. The van der Waals surface area contributed by atoms with E-state index in [1.54, 1.807) is 24.3 Å². The Kier molecular flexibility index (Phi) is 5.93. The minimum Gasteiger partial charge on any atom is -0.491 e. The topological polar surface area (TPSA) is 116 Å². The van der Waals surface area contributed by atoms with Crippen molar-refractivity contribution in [2.24, 2.45) is 5.73 Å². The van der Waals surface area contributed by atoms with Crippen LogP contribution in [0.25, 0.3) is 11.4 Å². The van der Waals surface area contributed by atoms with Gasteiger partial charge in [0, 0.05) is 11.1 Å². The van der Waals surface area contributed by atoms with Crippen molar-refractivity contribution >= 4 is 5.91 Å². The molecular weight excluding hydrogens is 370 g/mol. The summed E-state index contributed by atoms with van der Waals surface area (Å²) < 4.78 is 5.84. The molecule has 2 aromatic carbocycles. The zero-order valence-electron chi connectivity index (χ0n) is 16.7. The van der Waals surface area contributed by atoms with Crippen LogP contribution in [-0.2, 0) is 12.0 Å². The van der Waals surface area contributed by atoms with Gasteiger partial charge in [0.15, 0.2) is 0 Å². The second-order valence-electron chi connectivity index (χ2n) is 7.82. The highest BCUT2D eigenvalue weighted by atomic mass is 16.5. The SMILES string of the molecule is CC(C)(C)c1ccccc1OCC(O)Cn1nnc(-c2ccc(C(N)=O)cc2)n1. The first-order valence-corrected chi connectivity index (χ1v) is 9.32. The van der Waals surface area contributed by atoms with Crippen LogP contribution in [0.3, 0.4) is 0 Å². The highest BCUT2D eigenvalue weighted by Gasteiger charge is 2.19. The molecule has 1 aromatic heterocycles. The highest BCUT2D eigenvalue weighted by Crippen LogP contribution is 2.31. The van der Waals surface area contributed by atoms with Crippen molar-refractivity contribution < 1.29 is 14.6 Å². The molecule has 3 aromatic rings. The summed E-state index contributed by atoms with van der Waals surface area (Å²) in [5.41, 5.74) is 7.36. The maximum atomic E-state index is 11.1. The van der Waals surface area contributed by atoms with E-state index in [0.717, 1.165) is 11.3 Å². The van der Waals surface area contributed by atoms with Crippen LogP contribution in [-0.4, -0.2) is 43.9 Å². The summed E-state index contributed by atoms with van der Waals surface area (Å²) in [6, 6.07) is 14.4. The van der Waals surface area contributed by atoms with Gasteiger partial charge in [-0.1, -0.05) is 51.1 Å². The molecule has 0 radical (unpaired) electrons. The maximum Gasteiger partial charge on any atom is 0.248 e. The number of primary amides is 1. The molecule has 0 aliphatic rings. The molecule has 0 aliphatic heterocycles. The van der Waals surface area contributed by atoms with Crippen LogP contribution in [0.5, 0.6) is 5.75 Å². The predicted molar refractivity (Wildman–Crippen MR) is 108 cm³/mol. The normalized spacial score (nSPS) is 12.6. The molecule has 8 nitrogen and oxygen atoms in total. The summed E-state index contributed by atoms with van der Waals surface area (Å²) in [5.74, 6) is 0.650. The van der Waals surface area contributed by atoms with Crippen LogP contribution < -0.4 is 10.5 Å². The van der Waals surface area contributed by atoms with E-state index >= 15 is 0 Å². The standard InChI is InChI=1S/C21H25N5O3/c1-21(2,3)17-6-4-5-7-18(17)29-13-16(27)12-26-24-20(23-25-26)15-10-8-14(9-11-15)19(22)28/h4-11,16,27H,12-13H2,1-3H3,(H2,22,28). The van der Waals surface area contributed by atoms with E-state index in [0.29, 0.717) is 17.0 Å². The lowest BCUT2D eigenvalue weighted by Crippen LogP contribution is -2.25. The van der Waals surface area contributed by atoms with Gasteiger partial charge in [0.2, 0.25) is 11.7 Å². The Morgan fingerprint density at radius 1 is 1.17 bits per heavy atom. The van der Waals surface area contributed by atoms with Crippen LogP contribution in [0, 0.1) is 0 Å². The zero-order valence-corrected chi connectivity index (χ0v) is 16.7. The van der Waals surface area contributed by atoms with E-state index in [4.69, 9.17) is 10.5 Å². The molecular formula is C21H25N5O3. The van der Waals surface area contributed by atoms with Gasteiger partial charge >= 0.3 is 0 Å². The number of carbonyl (C=O) groups excluding carboxylic acids is 1. The number of ether oxygens (including phenoxy) is 1. The van der Waals surface area contributed by atoms with Gasteiger partial charge in [-0.05, 0) is 34.4 Å². The fraction of sp³-hybridized carbons (Fsp3) is 0.333. The van der Waals surface area contributed by atoms with Crippen LogP contribution in [0.2, 0.25) is 0 Å². The van der Waals surface area contributed by atoms with E-state index < -0.39 is 12.0 Å². The number of benzene rings is 2. The van der Waals surface area contributed by atoms with Gasteiger partial charge in [-0.15, -0.1) is 10.2 Å². The Balaban J connectivity index is 1.61. The predicted octanol–water partition coefficient (Wildman–Crippen LogP) is 2.18. The highest BCUT2D eigenvalue weighted by molar-refractivity contribution is 5.93. The lowest BCUT2D eigenvalue weighted by molar-refractivity contribution is 0.0841. The summed E-state index contributed by atoms with van der Waals surface area (Å²) >= 11 is 0. The molecule has 0 spiro atoms. The molecule has 1 unspecified atom stereocenters. The Morgan fingerprint density at radius 2 is 1.86 bits per heavy atom. The molecule has 0 bridgehead atoms. The minimum absolute atomic E-state index is 0.0615. The average molecular weight is 395 g/mol. The molecule has 0 saturated heterocycles. The molecule has 0 saturated carbocycles. The minimum atomic E-state index is -0.803. The Hall–Kier alpha value is -3.26. The van der Waals surface area contributed by atoms with Gasteiger partial charge in [0.25, 0.3) is 0 Å². The molecule has 1 heterocycles. The Bertz CT molecular complexity index is 976. The number of nitrogens with zero attached hydrogens (tertiary/aromatic N) is 4. The fourth-order valence-electron chi connectivity index (χ4n) is 2.86. The largest absolute Gasteiger partial charge is 0.491 e. The van der Waals surface area contributed by atoms with Gasteiger partial charge in [-0.25, -0.2) is 0 Å². The average Bonchev–Trinajstić information content (AvgIpc) is 3.14. The number of aliphatic hydroxyl groups is 1. The van der Waals surface area contributed by atoms with E-state index in [1.165, 1.54) is 4.80 Å². The summed E-state index contributed by atoms with van der Waals surface area (Å²) in [6.45, 7) is 6.59. The molecule has 0 aliphatic carbocycles. The molecule has 3 rings (SSSR count). The molecule has 8 heteroatoms. The first-order valence-electron chi connectivity index (χ1n) is 9.32. The Morgan fingerprint density at radius 3 is 2.52 bits per heavy atom. The van der Waals surface area contributed by atoms with Crippen LogP contribution in [0.4, 0.5) is 0 Å². The third-order valence-corrected chi connectivity index (χ3v) is 4.38. The second kappa shape index (κ2) is 8.40.